The van der Waals surface area contributed by atoms with Crippen LogP contribution in [0.4, 0.5) is 17.1 Å². The number of nitrogens with one attached hydrogen (secondary N) is 2. The highest BCUT2D eigenvalue weighted by Gasteiger charge is 2.37. The van der Waals surface area contributed by atoms with E-state index >= 15 is 0 Å². The Hall–Kier alpha value is -3.79. The zero-order chi connectivity index (χ0) is 26.2. The maximum atomic E-state index is 12.9. The molecule has 0 saturated heterocycles. The van der Waals surface area contributed by atoms with Crippen molar-refractivity contribution in [1.29, 1.82) is 0 Å². The summed E-state index contributed by atoms with van der Waals surface area (Å²) in [6.45, 7) is 11.6. The Bertz CT molecular complexity index is 1410. The number of aryl methyl sites for hydroxylation is 1. The first-order chi connectivity index (χ1) is 17.6. The number of amides is 1. The Morgan fingerprint density at radius 3 is 2.05 bits per heavy atom. The molecule has 1 aliphatic carbocycles. The maximum Gasteiger partial charge on any atom is 0.291 e. The summed E-state index contributed by atoms with van der Waals surface area (Å²) in [5, 5.41) is 6.28. The van der Waals surface area contributed by atoms with Gasteiger partial charge >= 0.3 is 0 Å². The quantitative estimate of drug-likeness (QED) is 0.284. The lowest BCUT2D eigenvalue weighted by molar-refractivity contribution is 0.0995. The molecule has 190 valence electrons. The zero-order valence-electron chi connectivity index (χ0n) is 22.4. The third-order valence-corrected chi connectivity index (χ3v) is 7.76. The van der Waals surface area contributed by atoms with Crippen molar-refractivity contribution in [2.45, 2.75) is 64.7 Å². The number of carbonyl (C=O) groups is 1. The predicted molar refractivity (Wildman–Crippen MR) is 152 cm³/mol. The number of hydrogen-bond donors (Lipinski definition) is 2. The second kappa shape index (κ2) is 9.59. The summed E-state index contributed by atoms with van der Waals surface area (Å²) in [7, 11) is 0. The smallest absolute Gasteiger partial charge is 0.291 e. The molecule has 1 heterocycles. The van der Waals surface area contributed by atoms with Crippen molar-refractivity contribution in [3.63, 3.8) is 0 Å². The van der Waals surface area contributed by atoms with Gasteiger partial charge in [-0.3, -0.25) is 4.79 Å². The largest absolute Gasteiger partial charge is 0.456 e. The number of hydrogen-bond acceptors (Lipinski definition) is 3. The second-order valence-corrected chi connectivity index (χ2v) is 11.6. The van der Waals surface area contributed by atoms with Crippen LogP contribution in [0.2, 0.25) is 0 Å². The fraction of sp³-hybridized carbons (Fsp3) is 0.303. The Balaban J connectivity index is 1.27. The van der Waals surface area contributed by atoms with Gasteiger partial charge in [0.05, 0.1) is 0 Å². The lowest BCUT2D eigenvalue weighted by Crippen LogP contribution is -2.34. The molecule has 0 fully saturated rings. The topological polar surface area (TPSA) is 54.3 Å². The molecule has 0 spiro atoms. The predicted octanol–water partition coefficient (Wildman–Crippen LogP) is 8.52. The van der Waals surface area contributed by atoms with E-state index < -0.39 is 0 Å². The standard InChI is InChI=1S/C33H36N2O2/c1-22-19-28-29(33(4,5)18-17-32(28,2)3)21-23(22)20-27-15-16-30(37-27)31(36)35-26-13-11-25(12-14-26)34-24-9-7-6-8-10-24/h6-16,19,21,34H,17-18,20H2,1-5H3,(H,35,36). The Kier molecular flexibility index (Phi) is 6.45. The molecule has 4 heteroatoms. The van der Waals surface area contributed by atoms with E-state index in [1.54, 1.807) is 6.07 Å². The van der Waals surface area contributed by atoms with Crippen LogP contribution in [0.1, 0.15) is 79.1 Å². The van der Waals surface area contributed by atoms with Gasteiger partial charge in [-0.2, -0.15) is 0 Å². The van der Waals surface area contributed by atoms with Crippen LogP contribution in [0.5, 0.6) is 0 Å². The van der Waals surface area contributed by atoms with Crippen molar-refractivity contribution >= 4 is 23.0 Å². The van der Waals surface area contributed by atoms with Gasteiger partial charge in [-0.1, -0.05) is 58.0 Å². The van der Waals surface area contributed by atoms with E-state index in [1.807, 2.05) is 60.7 Å². The van der Waals surface area contributed by atoms with Crippen LogP contribution < -0.4 is 10.6 Å². The maximum absolute atomic E-state index is 12.9. The summed E-state index contributed by atoms with van der Waals surface area (Å²) in [6, 6.07) is 26.1. The molecule has 2 N–H and O–H groups in total. The summed E-state index contributed by atoms with van der Waals surface area (Å²) in [4.78, 5) is 12.9. The average molecular weight is 493 g/mol. The minimum Gasteiger partial charge on any atom is -0.456 e. The van der Waals surface area contributed by atoms with Gasteiger partial charge in [0.15, 0.2) is 5.76 Å². The molecule has 4 aromatic rings. The van der Waals surface area contributed by atoms with E-state index in [2.05, 4.69) is 57.4 Å². The van der Waals surface area contributed by atoms with Crippen molar-refractivity contribution in [2.75, 3.05) is 10.6 Å². The third kappa shape index (κ3) is 5.34. The van der Waals surface area contributed by atoms with E-state index in [0.717, 1.165) is 22.8 Å². The van der Waals surface area contributed by atoms with Crippen molar-refractivity contribution in [3.05, 3.63) is 113 Å². The van der Waals surface area contributed by atoms with E-state index in [0.29, 0.717) is 12.2 Å². The average Bonchev–Trinajstić information content (AvgIpc) is 3.34. The molecular formula is C33H36N2O2. The second-order valence-electron chi connectivity index (χ2n) is 11.6. The van der Waals surface area contributed by atoms with E-state index in [-0.39, 0.29) is 16.7 Å². The van der Waals surface area contributed by atoms with Crippen molar-refractivity contribution in [1.82, 2.24) is 0 Å². The van der Waals surface area contributed by atoms with E-state index in [4.69, 9.17) is 4.42 Å². The van der Waals surface area contributed by atoms with Crippen LogP contribution in [0.15, 0.2) is 83.3 Å². The zero-order valence-corrected chi connectivity index (χ0v) is 22.4. The number of carbonyl (C=O) groups excluding carboxylic acids is 1. The molecule has 0 unspecified atom stereocenters. The molecule has 0 bridgehead atoms. The number of benzene rings is 3. The molecule has 0 atom stereocenters. The molecule has 1 aliphatic rings. The van der Waals surface area contributed by atoms with Crippen molar-refractivity contribution in [2.24, 2.45) is 0 Å². The highest BCUT2D eigenvalue weighted by Crippen LogP contribution is 2.46. The minimum atomic E-state index is -0.250. The highest BCUT2D eigenvalue weighted by atomic mass is 16.3. The molecule has 0 saturated carbocycles. The first-order valence-corrected chi connectivity index (χ1v) is 13.1. The number of fused-ring (bicyclic) bond motifs is 1. The normalized spacial score (nSPS) is 15.6. The summed E-state index contributed by atoms with van der Waals surface area (Å²) >= 11 is 0. The Morgan fingerprint density at radius 2 is 1.38 bits per heavy atom. The van der Waals surface area contributed by atoms with Crippen LogP contribution in [-0.2, 0) is 17.3 Å². The summed E-state index contributed by atoms with van der Waals surface area (Å²) in [5.41, 5.74) is 8.49. The monoisotopic (exact) mass is 492 g/mol. The van der Waals surface area contributed by atoms with Gasteiger partial charge in [0.25, 0.3) is 5.91 Å². The molecule has 5 rings (SSSR count). The van der Waals surface area contributed by atoms with Gasteiger partial charge in [0, 0.05) is 23.5 Å². The highest BCUT2D eigenvalue weighted by molar-refractivity contribution is 6.02. The number of anilines is 3. The summed E-state index contributed by atoms with van der Waals surface area (Å²) < 4.78 is 5.99. The van der Waals surface area contributed by atoms with Crippen LogP contribution in [0, 0.1) is 6.92 Å². The van der Waals surface area contributed by atoms with Gasteiger partial charge < -0.3 is 15.1 Å². The molecule has 0 radical (unpaired) electrons. The molecular weight excluding hydrogens is 456 g/mol. The Labute approximate surface area is 220 Å². The molecule has 4 nitrogen and oxygen atoms in total. The van der Waals surface area contributed by atoms with E-state index in [9.17, 15) is 4.79 Å². The molecule has 1 aromatic heterocycles. The summed E-state index contributed by atoms with van der Waals surface area (Å²) in [5.74, 6) is 0.863. The molecule has 37 heavy (non-hydrogen) atoms. The van der Waals surface area contributed by atoms with Crippen LogP contribution >= 0.6 is 0 Å². The summed E-state index contributed by atoms with van der Waals surface area (Å²) in [6.07, 6.45) is 3.06. The van der Waals surface area contributed by atoms with E-state index in [1.165, 1.54) is 35.1 Å². The van der Waals surface area contributed by atoms with Crippen molar-refractivity contribution in [3.8, 4) is 0 Å². The van der Waals surface area contributed by atoms with Gasteiger partial charge in [-0.25, -0.2) is 0 Å². The van der Waals surface area contributed by atoms with Gasteiger partial charge in [-0.15, -0.1) is 0 Å². The minimum absolute atomic E-state index is 0.160. The Morgan fingerprint density at radius 1 is 0.784 bits per heavy atom. The number of para-hydroxylation sites is 1. The fourth-order valence-electron chi connectivity index (χ4n) is 5.26. The number of rotatable bonds is 6. The lowest BCUT2D eigenvalue weighted by atomic mass is 9.62. The van der Waals surface area contributed by atoms with Crippen LogP contribution in [0.3, 0.4) is 0 Å². The SMILES string of the molecule is Cc1cc2c(cc1Cc1ccc(C(=O)Nc3ccc(Nc4ccccc4)cc3)o1)C(C)(C)CCC2(C)C. The van der Waals surface area contributed by atoms with Gasteiger partial charge in [0.1, 0.15) is 5.76 Å². The fourth-order valence-corrected chi connectivity index (χ4v) is 5.26. The first kappa shape index (κ1) is 24.9. The number of furan rings is 1. The lowest BCUT2D eigenvalue weighted by Gasteiger charge is -2.42. The van der Waals surface area contributed by atoms with Crippen molar-refractivity contribution < 1.29 is 9.21 Å². The molecule has 1 amide bonds. The molecule has 0 aliphatic heterocycles. The van der Waals surface area contributed by atoms with Crippen LogP contribution in [-0.4, -0.2) is 5.91 Å². The third-order valence-electron chi connectivity index (χ3n) is 7.76. The molecule has 3 aromatic carbocycles. The first-order valence-electron chi connectivity index (χ1n) is 13.1. The van der Waals surface area contributed by atoms with Crippen LogP contribution in [0.25, 0.3) is 0 Å². The van der Waals surface area contributed by atoms with Gasteiger partial charge in [-0.05, 0) is 101 Å². The van der Waals surface area contributed by atoms with Gasteiger partial charge in [0.2, 0.25) is 0 Å².